The molecule has 2 aliphatic heterocycles. The Balaban J connectivity index is 1.19. The Morgan fingerprint density at radius 3 is 1.73 bits per heavy atom. The summed E-state index contributed by atoms with van der Waals surface area (Å²) in [6, 6.07) is 24.3. The van der Waals surface area contributed by atoms with Crippen LogP contribution in [0.25, 0.3) is 0 Å². The Morgan fingerprint density at radius 2 is 1.24 bits per heavy atom. The highest BCUT2D eigenvalue weighted by molar-refractivity contribution is 8.35. The highest BCUT2D eigenvalue weighted by Crippen LogP contribution is 2.58. The van der Waals surface area contributed by atoms with E-state index >= 15 is 0 Å². The molecule has 1 unspecified atom stereocenters. The van der Waals surface area contributed by atoms with Crippen LogP contribution < -0.4 is 32.0 Å². The van der Waals surface area contributed by atoms with Gasteiger partial charge in [-0.25, -0.2) is 19.3 Å². The van der Waals surface area contributed by atoms with Gasteiger partial charge < -0.3 is 45.4 Å². The predicted octanol–water partition coefficient (Wildman–Crippen LogP) is 4.26. The summed E-state index contributed by atoms with van der Waals surface area (Å²) in [4.78, 5) is 79.8. The van der Waals surface area contributed by atoms with E-state index in [4.69, 9.17) is 54.5 Å². The number of rotatable bonds is 19. The van der Waals surface area contributed by atoms with Crippen LogP contribution in [0.1, 0.15) is 67.0 Å². The molecule has 2 saturated heterocycles. The number of nitrogens with zero attached hydrogens (tertiary/aromatic N) is 2. The zero-order valence-corrected chi connectivity index (χ0v) is 39.4. The van der Waals surface area contributed by atoms with Crippen molar-refractivity contribution in [3.8, 4) is 11.5 Å². The van der Waals surface area contributed by atoms with Crippen molar-refractivity contribution in [2.45, 2.75) is 89.1 Å². The molecule has 4 heterocycles. The molecule has 0 spiro atoms. The van der Waals surface area contributed by atoms with Gasteiger partial charge in [0.1, 0.15) is 67.2 Å². The van der Waals surface area contributed by atoms with Gasteiger partial charge in [0.05, 0.1) is 26.9 Å². The van der Waals surface area contributed by atoms with Gasteiger partial charge in [-0.2, -0.15) is 9.05 Å². The van der Waals surface area contributed by atoms with E-state index in [2.05, 4.69) is 9.97 Å². The Bertz CT molecular complexity index is 2680. The van der Waals surface area contributed by atoms with Gasteiger partial charge in [0.15, 0.2) is 0 Å². The van der Waals surface area contributed by atoms with Crippen molar-refractivity contribution in [1.82, 2.24) is 19.1 Å². The normalized spacial score (nSPS) is 21.6. The summed E-state index contributed by atoms with van der Waals surface area (Å²) in [5.74, 6) is 0.530. The third-order valence-electron chi connectivity index (χ3n) is 11.4. The second-order valence-corrected chi connectivity index (χ2v) is 19.1. The zero-order valence-electron chi connectivity index (χ0n) is 37.6. The van der Waals surface area contributed by atoms with E-state index in [9.17, 15) is 28.9 Å². The van der Waals surface area contributed by atoms with Crippen molar-refractivity contribution in [3.05, 3.63) is 161 Å². The fourth-order valence-electron chi connectivity index (χ4n) is 7.97. The lowest BCUT2D eigenvalue weighted by Gasteiger charge is -2.37. The Labute approximate surface area is 390 Å². The fourth-order valence-corrected chi connectivity index (χ4v) is 9.44. The zero-order chi connectivity index (χ0) is 48.0. The van der Waals surface area contributed by atoms with Crippen LogP contribution in [0, 0.1) is 13.8 Å². The minimum Gasteiger partial charge on any atom is -0.497 e. The molecule has 0 aliphatic carbocycles. The van der Waals surface area contributed by atoms with Gasteiger partial charge in [-0.1, -0.05) is 54.6 Å². The maximum Gasteiger partial charge on any atom is 0.332 e. The van der Waals surface area contributed by atoms with Gasteiger partial charge in [-0.3, -0.25) is 28.7 Å². The number of esters is 1. The van der Waals surface area contributed by atoms with Crippen LogP contribution >= 0.6 is 7.15 Å². The molecule has 19 nitrogen and oxygen atoms in total. The maximum absolute atomic E-state index is 13.2. The number of aromatic nitrogens is 4. The van der Waals surface area contributed by atoms with Crippen LogP contribution in [0.3, 0.4) is 0 Å². The Morgan fingerprint density at radius 1 is 0.761 bits per heavy atom. The molecule has 67 heavy (non-hydrogen) atoms. The van der Waals surface area contributed by atoms with Crippen molar-refractivity contribution in [1.29, 1.82) is 0 Å². The number of ether oxygens (including phenoxy) is 7. The molecule has 7 atom stereocenters. The number of hydrogen-bond donors (Lipinski definition) is 3. The molecule has 21 heteroatoms. The molecule has 0 radical (unpaired) electrons. The summed E-state index contributed by atoms with van der Waals surface area (Å²) in [5, 5.41) is 0. The van der Waals surface area contributed by atoms with Crippen LogP contribution in [0.5, 0.6) is 11.5 Å². The number of aromatic amines is 2. The van der Waals surface area contributed by atoms with Gasteiger partial charge in [-0.15, -0.1) is 0 Å². The lowest BCUT2D eigenvalue weighted by molar-refractivity contribution is -0.159. The number of carbonyl (C=O) groups excluding carboxylic acids is 1. The van der Waals surface area contributed by atoms with Crippen molar-refractivity contribution >= 4 is 25.4 Å². The molecule has 3 aromatic carbocycles. The molecule has 2 aliphatic rings. The van der Waals surface area contributed by atoms with Crippen molar-refractivity contribution in [3.63, 3.8) is 0 Å². The van der Waals surface area contributed by atoms with Gasteiger partial charge in [-0.05, 0) is 68.7 Å². The summed E-state index contributed by atoms with van der Waals surface area (Å²) < 4.78 is 56.5. The van der Waals surface area contributed by atoms with Crippen molar-refractivity contribution in [2.24, 2.45) is 0 Å². The summed E-state index contributed by atoms with van der Waals surface area (Å²) >= 11 is 5.60. The van der Waals surface area contributed by atoms with E-state index < -0.39 is 84.7 Å². The smallest absolute Gasteiger partial charge is 0.332 e. The molecule has 0 saturated carbocycles. The van der Waals surface area contributed by atoms with E-state index in [-0.39, 0.29) is 43.3 Å². The number of benzene rings is 3. The van der Waals surface area contributed by atoms with E-state index in [1.54, 1.807) is 35.0 Å². The van der Waals surface area contributed by atoms with E-state index in [1.807, 2.05) is 78.9 Å². The van der Waals surface area contributed by atoms with Gasteiger partial charge in [0, 0.05) is 36.4 Å². The number of carbonyl (C=O) groups is 1. The molecule has 2 fully saturated rings. The molecular weight excluding hydrogens is 912 g/mol. The minimum absolute atomic E-state index is 0.0293. The monoisotopic (exact) mass is 964 g/mol. The number of aryl methyl sites for hydroxylation is 2. The summed E-state index contributed by atoms with van der Waals surface area (Å²) in [7, 11) is -1.13. The largest absolute Gasteiger partial charge is 0.497 e. The molecule has 5 aromatic rings. The predicted molar refractivity (Wildman–Crippen MR) is 246 cm³/mol. The quantitative estimate of drug-likeness (QED) is 0.0455. The maximum atomic E-state index is 13.2. The first-order valence-corrected chi connectivity index (χ1v) is 24.0. The van der Waals surface area contributed by atoms with Crippen molar-refractivity contribution < 1.29 is 51.9 Å². The Hall–Kier alpha value is -5.41. The summed E-state index contributed by atoms with van der Waals surface area (Å²) in [6.07, 6.45) is -3.89. The highest BCUT2D eigenvalue weighted by Gasteiger charge is 2.48. The van der Waals surface area contributed by atoms with Crippen LogP contribution in [-0.2, 0) is 55.4 Å². The molecule has 0 bridgehead atoms. The third kappa shape index (κ3) is 11.5. The lowest BCUT2D eigenvalue weighted by Crippen LogP contribution is -2.39. The van der Waals surface area contributed by atoms with Crippen LogP contribution in [0.4, 0.5) is 0 Å². The van der Waals surface area contributed by atoms with Crippen LogP contribution in [-0.4, -0.2) is 94.5 Å². The van der Waals surface area contributed by atoms with Gasteiger partial charge in [0.2, 0.25) is 0 Å². The topological polar surface area (TPSA) is 230 Å². The molecule has 7 rings (SSSR count). The number of methoxy groups -OCH3 is 2. The van der Waals surface area contributed by atoms with Crippen LogP contribution in [0.2, 0.25) is 0 Å². The molecule has 2 aromatic heterocycles. The first-order valence-electron chi connectivity index (χ1n) is 21.4. The van der Waals surface area contributed by atoms with Crippen molar-refractivity contribution in [2.75, 3.05) is 34.0 Å². The number of hydrogen-bond acceptors (Lipinski definition) is 16. The number of nitrogens with one attached hydrogen (secondary N) is 2. The van der Waals surface area contributed by atoms with Gasteiger partial charge >= 0.3 is 17.3 Å². The minimum atomic E-state index is -4.27. The second kappa shape index (κ2) is 21.3. The SMILES string of the molecule is COc1ccc(C(OC[C@H]2O[C@@H](n3cc(C)c(=O)[nH]c3=O)C[C@@H]2O[P+](O)([S-])OC[C@H]2O[C@@H](n3cc(C)c(=O)[nH]c3=O)C[C@@H]2OC(=O)COC(C)C)(c2ccccc2)c2ccc(OC)cc2)cc1. The average Bonchev–Trinajstić information content (AvgIpc) is 3.90. The fraction of sp³-hybridized carbons (Fsp3) is 0.413. The lowest BCUT2D eigenvalue weighted by atomic mass is 9.80. The summed E-state index contributed by atoms with van der Waals surface area (Å²) in [6.45, 7) is 5.54. The first-order chi connectivity index (χ1) is 32.0. The standard InChI is InChI=1S/C46H53N4O15PS/c1-27(2)59-26-41(51)64-35-20-39(49-22-28(3)42(52)47-44(49)54)63-38(35)25-61-66(56,67)65-36-21-40(50-23-29(4)43(53)48-45(50)55)62-37(36)24-60-46(30-10-8-7-9-11-30,31-12-16-33(57-5)17-13-31)32-14-18-34(58-6)19-15-32/h7-19,22-23,27,35-40H,20-21,24-26H2,1-6H3,(H,56,67)(H,47,52,54)(H,48,53,55)/t35-,36-,37+,38+,39+,40+,66?/m0/s1. The second-order valence-electron chi connectivity index (χ2n) is 16.3. The van der Waals surface area contributed by atoms with Crippen LogP contribution in [0.15, 0.2) is 110 Å². The third-order valence-corrected chi connectivity index (χ3v) is 13.0. The van der Waals surface area contributed by atoms with E-state index in [0.29, 0.717) is 11.5 Å². The molecule has 0 amide bonds. The molecule has 3 N–H and O–H groups in total. The Kier molecular flexibility index (Phi) is 15.7. The average molecular weight is 965 g/mol. The van der Waals surface area contributed by atoms with E-state index in [1.165, 1.54) is 28.5 Å². The summed E-state index contributed by atoms with van der Waals surface area (Å²) in [5.41, 5.74) is -1.24. The van der Waals surface area contributed by atoms with E-state index in [0.717, 1.165) is 16.7 Å². The van der Waals surface area contributed by atoms with Gasteiger partial charge in [0.25, 0.3) is 18.3 Å². The molecule has 358 valence electrons. The number of H-pyrrole nitrogens is 2. The highest BCUT2D eigenvalue weighted by atomic mass is 32.7. The molecular formula is C46H53N4O15PS. The first kappa shape index (κ1) is 49.5.